The molecule has 0 aliphatic carbocycles. The van der Waals surface area contributed by atoms with E-state index in [1.807, 2.05) is 24.3 Å². The minimum absolute atomic E-state index is 0.531. The molecule has 0 radical (unpaired) electrons. The molecular weight excluding hydrogens is 408 g/mol. The SMILES string of the molecule is Cc1ccc(-c2noc(CSc3nnc(N4CCCC4)n3-c3ccc(C)cc3)n2)cc1. The molecule has 0 unspecified atom stereocenters. The average Bonchev–Trinajstić information content (AvgIpc) is 3.54. The van der Waals surface area contributed by atoms with Crippen LogP contribution in [0.3, 0.4) is 0 Å². The van der Waals surface area contributed by atoms with Crippen molar-refractivity contribution < 1.29 is 4.52 Å². The predicted octanol–water partition coefficient (Wildman–Crippen LogP) is 4.83. The molecule has 0 atom stereocenters. The van der Waals surface area contributed by atoms with Crippen molar-refractivity contribution >= 4 is 17.7 Å². The van der Waals surface area contributed by atoms with Crippen molar-refractivity contribution in [1.29, 1.82) is 0 Å². The lowest BCUT2D eigenvalue weighted by molar-refractivity contribution is 0.391. The molecule has 2 aromatic carbocycles. The summed E-state index contributed by atoms with van der Waals surface area (Å²) < 4.78 is 7.62. The van der Waals surface area contributed by atoms with Crippen LogP contribution in [0.15, 0.2) is 58.2 Å². The van der Waals surface area contributed by atoms with E-state index in [0.717, 1.165) is 35.4 Å². The second-order valence-corrected chi connectivity index (χ2v) is 8.76. The molecular formula is C23H24N6OS. The van der Waals surface area contributed by atoms with Crippen molar-refractivity contribution in [3.05, 3.63) is 65.5 Å². The first-order valence-corrected chi connectivity index (χ1v) is 11.5. The average molecular weight is 433 g/mol. The van der Waals surface area contributed by atoms with Crippen LogP contribution < -0.4 is 4.90 Å². The number of thioether (sulfide) groups is 1. The Labute approximate surface area is 185 Å². The van der Waals surface area contributed by atoms with Gasteiger partial charge >= 0.3 is 0 Å². The van der Waals surface area contributed by atoms with Crippen LogP contribution in [0.1, 0.15) is 29.9 Å². The Balaban J connectivity index is 1.39. The lowest BCUT2D eigenvalue weighted by Crippen LogP contribution is -2.22. The summed E-state index contributed by atoms with van der Waals surface area (Å²) in [6.07, 6.45) is 2.38. The zero-order chi connectivity index (χ0) is 21.2. The fraction of sp³-hybridized carbons (Fsp3) is 0.304. The van der Waals surface area contributed by atoms with Gasteiger partial charge in [-0.15, -0.1) is 10.2 Å². The van der Waals surface area contributed by atoms with E-state index in [-0.39, 0.29) is 0 Å². The van der Waals surface area contributed by atoms with Gasteiger partial charge < -0.3 is 9.42 Å². The number of hydrogen-bond acceptors (Lipinski definition) is 7. The lowest BCUT2D eigenvalue weighted by Gasteiger charge is -2.18. The minimum Gasteiger partial charge on any atom is -0.341 e. The van der Waals surface area contributed by atoms with Crippen LogP contribution in [0.2, 0.25) is 0 Å². The zero-order valence-electron chi connectivity index (χ0n) is 17.7. The van der Waals surface area contributed by atoms with Crippen molar-refractivity contribution in [2.45, 2.75) is 37.6 Å². The molecule has 0 spiro atoms. The van der Waals surface area contributed by atoms with Gasteiger partial charge in [-0.25, -0.2) is 0 Å². The Kier molecular flexibility index (Phi) is 5.46. The molecule has 31 heavy (non-hydrogen) atoms. The first kappa shape index (κ1) is 19.8. The van der Waals surface area contributed by atoms with Crippen LogP contribution in [0, 0.1) is 13.8 Å². The summed E-state index contributed by atoms with van der Waals surface area (Å²) in [6.45, 7) is 6.17. The molecule has 0 bridgehead atoms. The Morgan fingerprint density at radius 1 is 0.903 bits per heavy atom. The van der Waals surface area contributed by atoms with Crippen LogP contribution >= 0.6 is 11.8 Å². The normalized spacial score (nSPS) is 13.8. The fourth-order valence-electron chi connectivity index (χ4n) is 3.66. The third kappa shape index (κ3) is 4.20. The Hall–Kier alpha value is -3.13. The van der Waals surface area contributed by atoms with E-state index in [9.17, 15) is 0 Å². The highest BCUT2D eigenvalue weighted by Gasteiger charge is 2.23. The van der Waals surface area contributed by atoms with Crippen molar-refractivity contribution in [2.75, 3.05) is 18.0 Å². The highest BCUT2D eigenvalue weighted by Crippen LogP contribution is 2.30. The summed E-state index contributed by atoms with van der Waals surface area (Å²) in [7, 11) is 0. The summed E-state index contributed by atoms with van der Waals surface area (Å²) in [5.74, 6) is 2.60. The quantitative estimate of drug-likeness (QED) is 0.404. The number of anilines is 1. The molecule has 1 fully saturated rings. The third-order valence-electron chi connectivity index (χ3n) is 5.40. The van der Waals surface area contributed by atoms with Gasteiger partial charge in [0.15, 0.2) is 5.16 Å². The molecule has 1 aliphatic rings. The first-order chi connectivity index (χ1) is 15.2. The number of hydrogen-bond donors (Lipinski definition) is 0. The Morgan fingerprint density at radius 3 is 2.29 bits per heavy atom. The fourth-order valence-corrected chi connectivity index (χ4v) is 4.44. The Bertz CT molecular complexity index is 1160. The van der Waals surface area contributed by atoms with Crippen LogP contribution in [-0.4, -0.2) is 38.0 Å². The molecule has 0 N–H and O–H groups in total. The summed E-state index contributed by atoms with van der Waals surface area (Å²) in [5, 5.41) is 14.0. The van der Waals surface area contributed by atoms with Gasteiger partial charge in [0, 0.05) is 18.7 Å². The molecule has 2 aromatic heterocycles. The van der Waals surface area contributed by atoms with E-state index in [2.05, 4.69) is 67.9 Å². The lowest BCUT2D eigenvalue weighted by atomic mass is 10.1. The molecule has 158 valence electrons. The zero-order valence-corrected chi connectivity index (χ0v) is 18.5. The van der Waals surface area contributed by atoms with E-state index >= 15 is 0 Å². The van der Waals surface area contributed by atoms with Gasteiger partial charge in [-0.3, -0.25) is 4.57 Å². The number of benzene rings is 2. The summed E-state index contributed by atoms with van der Waals surface area (Å²) in [6, 6.07) is 16.6. The second-order valence-electron chi connectivity index (χ2n) is 7.81. The van der Waals surface area contributed by atoms with Crippen LogP contribution in [-0.2, 0) is 5.75 Å². The number of aryl methyl sites for hydroxylation is 2. The smallest absolute Gasteiger partial charge is 0.237 e. The summed E-state index contributed by atoms with van der Waals surface area (Å²) in [4.78, 5) is 6.86. The van der Waals surface area contributed by atoms with Gasteiger partial charge in [0.05, 0.1) is 11.4 Å². The summed E-state index contributed by atoms with van der Waals surface area (Å²) >= 11 is 1.56. The van der Waals surface area contributed by atoms with Gasteiger partial charge in [-0.05, 0) is 38.8 Å². The van der Waals surface area contributed by atoms with E-state index in [4.69, 9.17) is 4.52 Å². The van der Waals surface area contributed by atoms with E-state index in [1.165, 1.54) is 24.0 Å². The maximum absolute atomic E-state index is 5.49. The maximum Gasteiger partial charge on any atom is 0.237 e. The van der Waals surface area contributed by atoms with Crippen LogP contribution in [0.4, 0.5) is 5.95 Å². The highest BCUT2D eigenvalue weighted by atomic mass is 32.2. The molecule has 0 saturated carbocycles. The monoisotopic (exact) mass is 432 g/mol. The standard InChI is InChI=1S/C23H24N6OS/c1-16-5-9-18(10-6-16)21-24-20(30-27-21)15-31-23-26-25-22(28-13-3-4-14-28)29(23)19-11-7-17(2)8-12-19/h5-12H,3-4,13-15H2,1-2H3. The molecule has 1 aliphatic heterocycles. The molecule has 7 nitrogen and oxygen atoms in total. The molecule has 5 rings (SSSR count). The van der Waals surface area contributed by atoms with Gasteiger partial charge in [0.2, 0.25) is 17.7 Å². The van der Waals surface area contributed by atoms with E-state index < -0.39 is 0 Å². The minimum atomic E-state index is 0.531. The van der Waals surface area contributed by atoms with Crippen LogP contribution in [0.5, 0.6) is 0 Å². The molecule has 1 saturated heterocycles. The maximum atomic E-state index is 5.49. The van der Waals surface area contributed by atoms with Gasteiger partial charge in [0.25, 0.3) is 0 Å². The number of aromatic nitrogens is 5. The molecule has 3 heterocycles. The predicted molar refractivity (Wildman–Crippen MR) is 122 cm³/mol. The molecule has 8 heteroatoms. The topological polar surface area (TPSA) is 72.9 Å². The van der Waals surface area contributed by atoms with Gasteiger partial charge in [0.1, 0.15) is 0 Å². The summed E-state index contributed by atoms with van der Waals surface area (Å²) in [5.41, 5.74) is 4.44. The first-order valence-electron chi connectivity index (χ1n) is 10.5. The number of rotatable bonds is 6. The largest absolute Gasteiger partial charge is 0.341 e. The Morgan fingerprint density at radius 2 is 1.58 bits per heavy atom. The second kappa shape index (κ2) is 8.55. The van der Waals surface area contributed by atoms with Crippen molar-refractivity contribution in [1.82, 2.24) is 24.9 Å². The number of nitrogens with zero attached hydrogens (tertiary/aromatic N) is 6. The van der Waals surface area contributed by atoms with Crippen molar-refractivity contribution in [3.63, 3.8) is 0 Å². The highest BCUT2D eigenvalue weighted by molar-refractivity contribution is 7.98. The van der Waals surface area contributed by atoms with Crippen molar-refractivity contribution in [2.24, 2.45) is 0 Å². The van der Waals surface area contributed by atoms with E-state index in [1.54, 1.807) is 11.8 Å². The van der Waals surface area contributed by atoms with Gasteiger partial charge in [-0.2, -0.15) is 4.98 Å². The van der Waals surface area contributed by atoms with E-state index in [0.29, 0.717) is 17.5 Å². The molecule has 0 amide bonds. The van der Waals surface area contributed by atoms with Crippen molar-refractivity contribution in [3.8, 4) is 17.1 Å². The van der Waals surface area contributed by atoms with Gasteiger partial charge in [-0.1, -0.05) is 64.4 Å². The molecule has 4 aromatic rings. The van der Waals surface area contributed by atoms with Crippen LogP contribution in [0.25, 0.3) is 17.1 Å². The third-order valence-corrected chi connectivity index (χ3v) is 6.31.